The molecule has 2 aliphatic rings. The van der Waals surface area contributed by atoms with Gasteiger partial charge in [-0.2, -0.15) is 0 Å². The minimum absolute atomic E-state index is 0.255. The zero-order chi connectivity index (χ0) is 13.0. The van der Waals surface area contributed by atoms with Crippen molar-refractivity contribution in [1.82, 2.24) is 5.32 Å². The lowest BCUT2D eigenvalue weighted by Gasteiger charge is -2.35. The van der Waals surface area contributed by atoms with Gasteiger partial charge in [-0.15, -0.1) is 0 Å². The molecule has 1 saturated heterocycles. The lowest BCUT2D eigenvalue weighted by molar-refractivity contribution is 0.160. The molecule has 1 aliphatic carbocycles. The Morgan fingerprint density at radius 3 is 3.00 bits per heavy atom. The fraction of sp³-hybridized carbons (Fsp3) is 0.833. The van der Waals surface area contributed by atoms with Gasteiger partial charge in [-0.05, 0) is 31.6 Å². The highest BCUT2D eigenvalue weighted by Gasteiger charge is 2.39. The van der Waals surface area contributed by atoms with Crippen LogP contribution >= 0.6 is 11.8 Å². The molecule has 0 aromatic rings. The molecule has 0 radical (unpaired) electrons. The molecule has 6 heteroatoms. The fourth-order valence-corrected chi connectivity index (χ4v) is 3.71. The van der Waals surface area contributed by atoms with Crippen LogP contribution in [0.25, 0.3) is 0 Å². The van der Waals surface area contributed by atoms with Gasteiger partial charge in [0.05, 0.1) is 6.54 Å². The maximum absolute atomic E-state index is 10.4. The SMILES string of the molecule is CC1CCC2(CC1)CSC(=NCCOC(N)=O)N2. The highest BCUT2D eigenvalue weighted by atomic mass is 32.2. The summed E-state index contributed by atoms with van der Waals surface area (Å²) in [5.41, 5.74) is 5.15. The molecule has 2 fully saturated rings. The molecule has 1 heterocycles. The molecule has 0 bridgehead atoms. The minimum atomic E-state index is -0.736. The second kappa shape index (κ2) is 5.82. The van der Waals surface area contributed by atoms with Gasteiger partial charge in [0.25, 0.3) is 0 Å². The summed E-state index contributed by atoms with van der Waals surface area (Å²) in [5, 5.41) is 4.54. The largest absolute Gasteiger partial charge is 0.448 e. The molecule has 0 aromatic carbocycles. The van der Waals surface area contributed by atoms with Gasteiger partial charge in [0.15, 0.2) is 5.17 Å². The van der Waals surface area contributed by atoms with Crippen LogP contribution in [0, 0.1) is 5.92 Å². The Kier molecular flexibility index (Phi) is 4.37. The van der Waals surface area contributed by atoms with Crippen LogP contribution < -0.4 is 11.1 Å². The lowest BCUT2D eigenvalue weighted by atomic mass is 9.78. The van der Waals surface area contributed by atoms with Crippen molar-refractivity contribution in [3.05, 3.63) is 0 Å². The van der Waals surface area contributed by atoms with Crippen molar-refractivity contribution < 1.29 is 9.53 Å². The normalized spacial score (nSPS) is 33.6. The summed E-state index contributed by atoms with van der Waals surface area (Å²) in [4.78, 5) is 14.8. The van der Waals surface area contributed by atoms with E-state index in [1.54, 1.807) is 11.8 Å². The smallest absolute Gasteiger partial charge is 0.404 e. The Balaban J connectivity index is 1.77. The van der Waals surface area contributed by atoms with Gasteiger partial charge in [-0.1, -0.05) is 18.7 Å². The number of rotatable bonds is 3. The fourth-order valence-electron chi connectivity index (χ4n) is 2.47. The van der Waals surface area contributed by atoms with Gasteiger partial charge < -0.3 is 15.8 Å². The second-order valence-electron chi connectivity index (χ2n) is 5.23. The summed E-state index contributed by atoms with van der Waals surface area (Å²) in [5.74, 6) is 1.96. The zero-order valence-corrected chi connectivity index (χ0v) is 11.6. The Morgan fingerprint density at radius 2 is 2.33 bits per heavy atom. The van der Waals surface area contributed by atoms with E-state index < -0.39 is 6.09 Å². The predicted molar refractivity (Wildman–Crippen MR) is 73.8 cm³/mol. The Morgan fingerprint density at radius 1 is 1.61 bits per heavy atom. The van der Waals surface area contributed by atoms with Crippen LogP contribution in [0.4, 0.5) is 4.79 Å². The predicted octanol–water partition coefficient (Wildman–Crippen LogP) is 1.72. The number of amides is 1. The van der Waals surface area contributed by atoms with Gasteiger partial charge in [0, 0.05) is 11.3 Å². The lowest BCUT2D eigenvalue weighted by Crippen LogP contribution is -2.46. The molecule has 1 spiro atoms. The molecule has 0 atom stereocenters. The van der Waals surface area contributed by atoms with E-state index in [2.05, 4.69) is 22.0 Å². The molecule has 1 amide bonds. The number of amidine groups is 1. The third-order valence-electron chi connectivity index (χ3n) is 3.68. The molecular formula is C12H21N3O2S. The number of nitrogens with one attached hydrogen (secondary N) is 1. The average Bonchev–Trinajstić information content (AvgIpc) is 2.73. The molecule has 5 nitrogen and oxygen atoms in total. The number of nitrogens with zero attached hydrogens (tertiary/aromatic N) is 1. The van der Waals surface area contributed by atoms with Crippen molar-refractivity contribution in [2.75, 3.05) is 18.9 Å². The molecule has 102 valence electrons. The summed E-state index contributed by atoms with van der Waals surface area (Å²) in [6.07, 6.45) is 4.33. The van der Waals surface area contributed by atoms with Crippen molar-refractivity contribution in [3.63, 3.8) is 0 Å². The van der Waals surface area contributed by atoms with Gasteiger partial charge in [0.2, 0.25) is 0 Å². The minimum Gasteiger partial charge on any atom is -0.448 e. The quantitative estimate of drug-likeness (QED) is 0.766. The number of nitrogens with two attached hydrogens (primary N) is 1. The first-order valence-corrected chi connectivity index (χ1v) is 7.46. The van der Waals surface area contributed by atoms with E-state index in [4.69, 9.17) is 5.73 Å². The van der Waals surface area contributed by atoms with Crippen molar-refractivity contribution in [2.45, 2.75) is 38.1 Å². The number of carbonyl (C=O) groups excluding carboxylic acids is 1. The molecule has 2 rings (SSSR count). The number of primary amides is 1. The number of hydrogen-bond donors (Lipinski definition) is 2. The van der Waals surface area contributed by atoms with E-state index in [-0.39, 0.29) is 12.1 Å². The first-order valence-electron chi connectivity index (χ1n) is 6.47. The summed E-state index contributed by atoms with van der Waals surface area (Å²) >= 11 is 1.77. The van der Waals surface area contributed by atoms with Crippen LogP contribution in [0.2, 0.25) is 0 Å². The van der Waals surface area contributed by atoms with Gasteiger partial charge in [0.1, 0.15) is 6.61 Å². The molecule has 3 N–H and O–H groups in total. The topological polar surface area (TPSA) is 76.7 Å². The van der Waals surface area contributed by atoms with Crippen LogP contribution in [0.1, 0.15) is 32.6 Å². The van der Waals surface area contributed by atoms with Crippen LogP contribution in [-0.2, 0) is 4.74 Å². The van der Waals surface area contributed by atoms with Crippen molar-refractivity contribution in [3.8, 4) is 0 Å². The summed E-state index contributed by atoms with van der Waals surface area (Å²) < 4.78 is 4.65. The van der Waals surface area contributed by atoms with E-state index >= 15 is 0 Å². The highest BCUT2D eigenvalue weighted by molar-refractivity contribution is 8.14. The third-order valence-corrected chi connectivity index (χ3v) is 4.88. The number of hydrogen-bond acceptors (Lipinski definition) is 4. The molecule has 1 aliphatic heterocycles. The Hall–Kier alpha value is -0.910. The van der Waals surface area contributed by atoms with E-state index in [9.17, 15) is 4.79 Å². The van der Waals surface area contributed by atoms with E-state index in [1.165, 1.54) is 25.7 Å². The van der Waals surface area contributed by atoms with Crippen molar-refractivity contribution in [2.24, 2.45) is 16.6 Å². The summed E-state index contributed by atoms with van der Waals surface area (Å²) in [7, 11) is 0. The number of thioether (sulfide) groups is 1. The summed E-state index contributed by atoms with van der Waals surface area (Å²) in [6, 6.07) is 0. The number of aliphatic imine (C=N–C) groups is 1. The van der Waals surface area contributed by atoms with E-state index in [0.717, 1.165) is 16.8 Å². The van der Waals surface area contributed by atoms with Crippen LogP contribution in [-0.4, -0.2) is 35.7 Å². The van der Waals surface area contributed by atoms with E-state index in [1.807, 2.05) is 0 Å². The first-order chi connectivity index (χ1) is 8.60. The van der Waals surface area contributed by atoms with Crippen molar-refractivity contribution in [1.29, 1.82) is 0 Å². The number of ether oxygens (including phenoxy) is 1. The van der Waals surface area contributed by atoms with Crippen LogP contribution in [0.15, 0.2) is 4.99 Å². The average molecular weight is 271 g/mol. The third kappa shape index (κ3) is 3.54. The molecule has 1 saturated carbocycles. The maximum Gasteiger partial charge on any atom is 0.404 e. The number of carbonyl (C=O) groups is 1. The second-order valence-corrected chi connectivity index (χ2v) is 6.19. The molecule has 0 aromatic heterocycles. The van der Waals surface area contributed by atoms with E-state index in [0.29, 0.717) is 6.54 Å². The highest BCUT2D eigenvalue weighted by Crippen LogP contribution is 2.38. The standard InChI is InChI=1S/C12H21N3O2S/c1-9-2-4-12(5-3-9)8-18-11(15-12)14-6-7-17-10(13)16/h9H,2-8H2,1H3,(H2,13,16)(H,14,15). The van der Waals surface area contributed by atoms with Crippen LogP contribution in [0.5, 0.6) is 0 Å². The molecule has 0 unspecified atom stereocenters. The van der Waals surface area contributed by atoms with Gasteiger partial charge in [-0.25, -0.2) is 4.79 Å². The Bertz CT molecular complexity index is 338. The molecule has 18 heavy (non-hydrogen) atoms. The molecular weight excluding hydrogens is 250 g/mol. The first kappa shape index (κ1) is 13.5. The van der Waals surface area contributed by atoms with Crippen molar-refractivity contribution >= 4 is 23.0 Å². The van der Waals surface area contributed by atoms with Gasteiger partial charge in [-0.3, -0.25) is 4.99 Å². The maximum atomic E-state index is 10.4. The monoisotopic (exact) mass is 271 g/mol. The zero-order valence-electron chi connectivity index (χ0n) is 10.8. The van der Waals surface area contributed by atoms with Crippen LogP contribution in [0.3, 0.4) is 0 Å². The Labute approximate surface area is 112 Å². The van der Waals surface area contributed by atoms with Gasteiger partial charge >= 0.3 is 6.09 Å². The summed E-state index contributed by atoms with van der Waals surface area (Å²) in [6.45, 7) is 3.06.